The van der Waals surface area contributed by atoms with Crippen LogP contribution < -0.4 is 0 Å². The topological polar surface area (TPSA) is 301 Å². The van der Waals surface area contributed by atoms with Crippen molar-refractivity contribution in [3.05, 3.63) is 47.6 Å². The van der Waals surface area contributed by atoms with Gasteiger partial charge < -0.3 is 73.4 Å². The monoisotopic (exact) mass is 1110 g/mol. The Kier molecular flexibility index (Phi) is 24.0. The summed E-state index contributed by atoms with van der Waals surface area (Å²) in [6, 6.07) is -1.25. The van der Waals surface area contributed by atoms with Crippen LogP contribution in [0.2, 0.25) is 0 Å². The summed E-state index contributed by atoms with van der Waals surface area (Å²) in [5.41, 5.74) is 1.07. The first kappa shape index (κ1) is 64.6. The van der Waals surface area contributed by atoms with Gasteiger partial charge in [0.2, 0.25) is 5.79 Å². The van der Waals surface area contributed by atoms with Crippen LogP contribution in [0.1, 0.15) is 126 Å². The number of carbonyl (C=O) groups excluding carboxylic acids is 6. The van der Waals surface area contributed by atoms with Gasteiger partial charge in [-0.3, -0.25) is 19.2 Å². The fourth-order valence-electron chi connectivity index (χ4n) is 11.4. The van der Waals surface area contributed by atoms with Crippen LogP contribution in [0.3, 0.4) is 0 Å². The molecule has 4 fully saturated rings. The third-order valence-corrected chi connectivity index (χ3v) is 16.5. The van der Waals surface area contributed by atoms with E-state index >= 15 is 0 Å². The van der Waals surface area contributed by atoms with Crippen LogP contribution >= 0.6 is 0 Å². The predicted octanol–water partition coefficient (Wildman–Crippen LogP) is 4.10. The Bertz CT molecular complexity index is 2200. The van der Waals surface area contributed by atoms with E-state index in [0.29, 0.717) is 51.4 Å². The summed E-state index contributed by atoms with van der Waals surface area (Å²) in [7, 11) is 4.31. The molecule has 440 valence electrons. The van der Waals surface area contributed by atoms with Crippen LogP contribution in [-0.2, 0) is 61.9 Å². The number of esters is 1. The average Bonchev–Trinajstić information content (AvgIpc) is 3.44. The number of aliphatic hydroxyl groups excluding tert-OH is 4. The smallest absolute Gasteiger partial charge is 0.460 e. The van der Waals surface area contributed by atoms with Crippen LogP contribution in [0.15, 0.2) is 47.6 Å². The van der Waals surface area contributed by atoms with E-state index in [1.165, 1.54) is 14.2 Å². The van der Waals surface area contributed by atoms with Gasteiger partial charge in [-0.1, -0.05) is 71.1 Å². The molecule has 78 heavy (non-hydrogen) atoms. The molecular formula is C57H87NO20. The minimum absolute atomic E-state index is 0.00970. The quantitative estimate of drug-likeness (QED) is 0.113. The van der Waals surface area contributed by atoms with Crippen molar-refractivity contribution in [2.24, 2.45) is 35.5 Å². The van der Waals surface area contributed by atoms with Crippen molar-refractivity contribution < 1.29 is 97.3 Å². The number of Topliss-reactive ketones (excluding diaryl/α,β-unsaturated/α-hetero) is 3. The van der Waals surface area contributed by atoms with Gasteiger partial charge in [0.1, 0.15) is 36.6 Å². The van der Waals surface area contributed by atoms with E-state index in [4.69, 9.17) is 37.9 Å². The molecule has 0 aromatic rings. The molecule has 0 radical (unpaired) electrons. The Balaban J connectivity index is 1.42. The SMILES string of the molecule is COC1CC2CCC(C)C(O)(O2)C(=O)C(=O)N2CCCCC2C(=O)OC(C(C)CC2CCC(OC(=O)OC3(O)OCC(O)C(O)C3O)C(OC)C2)CC(=O)/C(C)=C\C(C)C(O)C(OC)C(=O)C(C)CC(C)C=CC=CC=C1C. The third kappa shape index (κ3) is 16.2. The second kappa shape index (κ2) is 28.9. The second-order valence-electron chi connectivity index (χ2n) is 22.5. The number of ketones is 3. The number of amides is 1. The number of aliphatic hydroxyl groups is 6. The van der Waals surface area contributed by atoms with E-state index in [0.717, 1.165) is 10.5 Å². The highest BCUT2D eigenvalue weighted by molar-refractivity contribution is 6.39. The Labute approximate surface area is 458 Å². The van der Waals surface area contributed by atoms with Crippen molar-refractivity contribution in [3.63, 3.8) is 0 Å². The number of methoxy groups -OCH3 is 3. The molecule has 3 saturated heterocycles. The number of fused-ring (bicyclic) bond motifs is 3. The normalized spacial score (nSPS) is 40.0. The Morgan fingerprint density at radius 3 is 2.23 bits per heavy atom. The number of nitrogens with zero attached hydrogens (tertiary/aromatic N) is 1. The lowest BCUT2D eigenvalue weighted by molar-refractivity contribution is -0.415. The van der Waals surface area contributed by atoms with Gasteiger partial charge in [0.25, 0.3) is 11.7 Å². The zero-order valence-electron chi connectivity index (χ0n) is 47.0. The zero-order chi connectivity index (χ0) is 57.8. The van der Waals surface area contributed by atoms with Crippen molar-refractivity contribution >= 4 is 35.4 Å². The summed E-state index contributed by atoms with van der Waals surface area (Å²) in [6.07, 6.45) is 1.21. The van der Waals surface area contributed by atoms with Crippen molar-refractivity contribution in [2.75, 3.05) is 34.5 Å². The number of hydrogen-bond donors (Lipinski definition) is 6. The summed E-state index contributed by atoms with van der Waals surface area (Å²) in [4.78, 5) is 85.4. The lowest BCUT2D eigenvalue weighted by Crippen LogP contribution is -2.62. The molecule has 4 heterocycles. The Morgan fingerprint density at radius 1 is 0.833 bits per heavy atom. The second-order valence-corrected chi connectivity index (χ2v) is 22.5. The highest BCUT2D eigenvalue weighted by Crippen LogP contribution is 2.39. The summed E-state index contributed by atoms with van der Waals surface area (Å²) in [5.74, 6) is -12.1. The molecule has 19 unspecified atom stereocenters. The molecule has 0 aromatic carbocycles. The minimum Gasteiger partial charge on any atom is -0.460 e. The molecule has 19 atom stereocenters. The first-order chi connectivity index (χ1) is 36.8. The van der Waals surface area contributed by atoms with Crippen molar-refractivity contribution in [1.29, 1.82) is 0 Å². The molecule has 6 N–H and O–H groups in total. The fourth-order valence-corrected chi connectivity index (χ4v) is 11.4. The molecule has 1 aliphatic carbocycles. The van der Waals surface area contributed by atoms with Gasteiger partial charge in [-0.25, -0.2) is 9.59 Å². The van der Waals surface area contributed by atoms with Crippen molar-refractivity contribution in [2.45, 2.75) is 204 Å². The maximum Gasteiger partial charge on any atom is 0.513 e. The average molecular weight is 1110 g/mol. The van der Waals surface area contributed by atoms with Gasteiger partial charge in [0.15, 0.2) is 17.7 Å². The summed E-state index contributed by atoms with van der Waals surface area (Å²) >= 11 is 0. The van der Waals surface area contributed by atoms with Gasteiger partial charge in [-0.05, 0) is 107 Å². The molecule has 0 spiro atoms. The highest BCUT2D eigenvalue weighted by Gasteiger charge is 2.55. The van der Waals surface area contributed by atoms with Gasteiger partial charge >= 0.3 is 18.1 Å². The number of ether oxygens (including phenoxy) is 8. The van der Waals surface area contributed by atoms with Crippen LogP contribution in [-0.4, -0.2) is 184 Å². The van der Waals surface area contributed by atoms with E-state index in [9.17, 15) is 59.4 Å². The van der Waals surface area contributed by atoms with E-state index in [-0.39, 0.29) is 55.4 Å². The first-order valence-electron chi connectivity index (χ1n) is 27.6. The predicted molar refractivity (Wildman–Crippen MR) is 279 cm³/mol. The van der Waals surface area contributed by atoms with Crippen molar-refractivity contribution in [1.82, 2.24) is 4.90 Å². The summed E-state index contributed by atoms with van der Waals surface area (Å²) in [5, 5.41) is 64.3. The standard InChI is InChI=1S/C57H87NO20/c1-31-16-12-11-13-17-32(2)44(71-8)28-39-21-19-37(7)56(69,77-39)52(65)53(66)58-23-15-14-18-40(58)54(67)75-45(29-41(59)33(3)25-36(6)48(62)50(73-10)47(61)35(5)24-31)34(4)26-38-20-22-43(46(27-38)72-9)76-55(68)78-57(70)51(64)49(63)42(60)30-74-57/h11-13,16-17,25,31,34-40,42-46,48-51,60,62-64,69-70H,14-15,18-24,26-30H2,1-10H3/b13-11?,16-12?,32-17?,33-25-. The molecule has 4 aliphatic heterocycles. The van der Waals surface area contributed by atoms with Crippen LogP contribution in [0.5, 0.6) is 0 Å². The van der Waals surface area contributed by atoms with E-state index in [1.807, 2.05) is 44.2 Å². The summed E-state index contributed by atoms with van der Waals surface area (Å²) < 4.78 is 44.9. The van der Waals surface area contributed by atoms with Gasteiger partial charge in [0, 0.05) is 58.5 Å². The molecular weight excluding hydrogens is 1020 g/mol. The molecule has 5 rings (SSSR count). The molecule has 21 nitrogen and oxygen atoms in total. The maximum atomic E-state index is 14.6. The van der Waals surface area contributed by atoms with Crippen LogP contribution in [0.25, 0.3) is 0 Å². The fraction of sp³-hybridized carbons (Fsp3) is 0.754. The largest absolute Gasteiger partial charge is 0.513 e. The van der Waals surface area contributed by atoms with Gasteiger partial charge in [-0.2, -0.15) is 0 Å². The van der Waals surface area contributed by atoms with Crippen molar-refractivity contribution in [3.8, 4) is 0 Å². The molecule has 1 saturated carbocycles. The Hall–Kier alpha value is -4.26. The summed E-state index contributed by atoms with van der Waals surface area (Å²) in [6.45, 7) is 11.7. The Morgan fingerprint density at radius 2 is 1.55 bits per heavy atom. The maximum absolute atomic E-state index is 14.6. The molecule has 5 aliphatic rings. The lowest BCUT2D eigenvalue weighted by Gasteiger charge is -2.42. The molecule has 21 heteroatoms. The number of rotatable bonds is 8. The van der Waals surface area contributed by atoms with Gasteiger partial charge in [-0.15, -0.1) is 0 Å². The molecule has 1 amide bonds. The lowest BCUT2D eigenvalue weighted by atomic mass is 9.78. The first-order valence-corrected chi connectivity index (χ1v) is 27.6. The molecule has 2 bridgehead atoms. The van der Waals surface area contributed by atoms with Crippen LogP contribution in [0, 0.1) is 35.5 Å². The van der Waals surface area contributed by atoms with E-state index < -0.39 is 139 Å². The zero-order valence-corrected chi connectivity index (χ0v) is 47.0. The number of hydrogen-bond acceptors (Lipinski definition) is 20. The number of allylic oxidation sites excluding steroid dienone is 6. The number of cyclic esters (lactones) is 1. The number of carbonyl (C=O) groups is 6. The number of piperidine rings is 1. The minimum atomic E-state index is -3.00. The third-order valence-electron chi connectivity index (χ3n) is 16.5. The highest BCUT2D eigenvalue weighted by atomic mass is 16.9. The molecule has 0 aromatic heterocycles. The van der Waals surface area contributed by atoms with Crippen LogP contribution in [0.4, 0.5) is 4.79 Å². The van der Waals surface area contributed by atoms with E-state index in [2.05, 4.69) is 0 Å². The van der Waals surface area contributed by atoms with E-state index in [1.54, 1.807) is 47.8 Å². The van der Waals surface area contributed by atoms with Gasteiger partial charge in [0.05, 0.1) is 31.0 Å².